The van der Waals surface area contributed by atoms with Crippen LogP contribution in [0.1, 0.15) is 32.6 Å². The smallest absolute Gasteiger partial charge is 0.341 e. The van der Waals surface area contributed by atoms with Crippen molar-refractivity contribution in [1.29, 1.82) is 0 Å². The number of carbonyl (C=O) groups is 1. The Hall–Kier alpha value is -0.780. The number of piperidine rings is 1. The van der Waals surface area contributed by atoms with E-state index < -0.39 is 12.1 Å². The summed E-state index contributed by atoms with van der Waals surface area (Å²) in [6.45, 7) is 3.36. The summed E-state index contributed by atoms with van der Waals surface area (Å²) in [6, 6.07) is 0. The van der Waals surface area contributed by atoms with Crippen LogP contribution in [-0.2, 0) is 4.79 Å². The standard InChI is InChI=1S/C13H23F3N2O/c1-3-4-7-17(2)10-12(19)18-8-5-6-11(9-18)13(14,15)16/h11H,3-10H2,1-2H3. The maximum atomic E-state index is 12.7. The fourth-order valence-electron chi connectivity index (χ4n) is 2.31. The zero-order valence-electron chi connectivity index (χ0n) is 11.7. The number of likely N-dealkylation sites (tertiary alicyclic amines) is 1. The van der Waals surface area contributed by atoms with Crippen LogP contribution in [0, 0.1) is 5.92 Å². The number of carbonyl (C=O) groups excluding carboxylic acids is 1. The van der Waals surface area contributed by atoms with Crippen molar-refractivity contribution < 1.29 is 18.0 Å². The van der Waals surface area contributed by atoms with E-state index in [0.29, 0.717) is 13.0 Å². The Morgan fingerprint density at radius 1 is 1.42 bits per heavy atom. The molecular formula is C13H23F3N2O. The van der Waals surface area contributed by atoms with Crippen LogP contribution >= 0.6 is 0 Å². The third-order valence-corrected chi connectivity index (χ3v) is 3.54. The first kappa shape index (κ1) is 16.3. The molecule has 0 N–H and O–H groups in total. The van der Waals surface area contributed by atoms with Crippen LogP contribution in [0.15, 0.2) is 0 Å². The third kappa shape index (κ3) is 5.38. The average Bonchev–Trinajstić information content (AvgIpc) is 2.35. The van der Waals surface area contributed by atoms with Crippen molar-refractivity contribution in [2.45, 2.75) is 38.8 Å². The van der Waals surface area contributed by atoms with Crippen LogP contribution in [0.4, 0.5) is 13.2 Å². The van der Waals surface area contributed by atoms with Crippen LogP contribution < -0.4 is 0 Å². The quantitative estimate of drug-likeness (QED) is 0.772. The minimum absolute atomic E-state index is 0.138. The number of likely N-dealkylation sites (N-methyl/N-ethyl adjacent to an activating group) is 1. The Morgan fingerprint density at radius 2 is 2.11 bits per heavy atom. The number of amides is 1. The maximum absolute atomic E-state index is 12.7. The van der Waals surface area contributed by atoms with Gasteiger partial charge in [-0.3, -0.25) is 9.69 Å². The third-order valence-electron chi connectivity index (χ3n) is 3.54. The number of nitrogens with zero attached hydrogens (tertiary/aromatic N) is 2. The first-order valence-corrected chi connectivity index (χ1v) is 6.87. The molecule has 1 saturated heterocycles. The van der Waals surface area contributed by atoms with E-state index in [1.165, 1.54) is 4.90 Å². The Kier molecular flexibility index (Phi) is 6.10. The molecule has 0 aromatic carbocycles. The van der Waals surface area contributed by atoms with Gasteiger partial charge in [0.25, 0.3) is 0 Å². The highest BCUT2D eigenvalue weighted by molar-refractivity contribution is 5.78. The van der Waals surface area contributed by atoms with Gasteiger partial charge in [0, 0.05) is 13.1 Å². The Balaban J connectivity index is 2.44. The predicted molar refractivity (Wildman–Crippen MR) is 67.8 cm³/mol. The van der Waals surface area contributed by atoms with E-state index in [1.807, 2.05) is 11.9 Å². The molecular weight excluding hydrogens is 257 g/mol. The molecule has 0 spiro atoms. The van der Waals surface area contributed by atoms with E-state index in [4.69, 9.17) is 0 Å². The topological polar surface area (TPSA) is 23.6 Å². The van der Waals surface area contributed by atoms with Gasteiger partial charge in [-0.25, -0.2) is 0 Å². The van der Waals surface area contributed by atoms with Crippen LogP contribution in [0.2, 0.25) is 0 Å². The largest absolute Gasteiger partial charge is 0.393 e. The molecule has 0 saturated carbocycles. The summed E-state index contributed by atoms with van der Waals surface area (Å²) in [5.74, 6) is -1.54. The van der Waals surface area contributed by atoms with E-state index in [2.05, 4.69) is 6.92 Å². The summed E-state index contributed by atoms with van der Waals surface area (Å²) in [7, 11) is 1.83. The number of unbranched alkanes of at least 4 members (excludes halogenated alkanes) is 1. The molecule has 1 rings (SSSR count). The maximum Gasteiger partial charge on any atom is 0.393 e. The van der Waals surface area contributed by atoms with E-state index in [-0.39, 0.29) is 25.4 Å². The monoisotopic (exact) mass is 280 g/mol. The van der Waals surface area contributed by atoms with Crippen molar-refractivity contribution >= 4 is 5.91 Å². The average molecular weight is 280 g/mol. The molecule has 1 amide bonds. The van der Waals surface area contributed by atoms with Gasteiger partial charge >= 0.3 is 6.18 Å². The summed E-state index contributed by atoms with van der Waals surface area (Å²) >= 11 is 0. The lowest BCUT2D eigenvalue weighted by atomic mass is 9.97. The van der Waals surface area contributed by atoms with Crippen LogP contribution in [0.5, 0.6) is 0 Å². The molecule has 1 heterocycles. The van der Waals surface area contributed by atoms with Gasteiger partial charge in [-0.2, -0.15) is 13.2 Å². The lowest BCUT2D eigenvalue weighted by Gasteiger charge is -2.34. The normalized spacial score (nSPS) is 20.9. The lowest BCUT2D eigenvalue weighted by Crippen LogP contribution is -2.47. The van der Waals surface area contributed by atoms with E-state index in [0.717, 1.165) is 19.4 Å². The van der Waals surface area contributed by atoms with Crippen molar-refractivity contribution in [3.8, 4) is 0 Å². The first-order valence-electron chi connectivity index (χ1n) is 6.87. The van der Waals surface area contributed by atoms with Crippen LogP contribution in [-0.4, -0.2) is 55.1 Å². The van der Waals surface area contributed by atoms with Crippen molar-refractivity contribution in [2.24, 2.45) is 5.92 Å². The minimum Gasteiger partial charge on any atom is -0.341 e. The first-order chi connectivity index (χ1) is 8.84. The highest BCUT2D eigenvalue weighted by Crippen LogP contribution is 2.33. The van der Waals surface area contributed by atoms with E-state index >= 15 is 0 Å². The second kappa shape index (κ2) is 7.12. The second-order valence-corrected chi connectivity index (χ2v) is 5.31. The van der Waals surface area contributed by atoms with Gasteiger partial charge in [-0.1, -0.05) is 13.3 Å². The van der Waals surface area contributed by atoms with Crippen molar-refractivity contribution in [1.82, 2.24) is 9.80 Å². The van der Waals surface area contributed by atoms with Crippen molar-refractivity contribution in [3.63, 3.8) is 0 Å². The number of hydrogen-bond donors (Lipinski definition) is 0. The zero-order chi connectivity index (χ0) is 14.5. The summed E-state index contributed by atoms with van der Waals surface area (Å²) in [5, 5.41) is 0. The fraction of sp³-hybridized carbons (Fsp3) is 0.923. The van der Waals surface area contributed by atoms with Gasteiger partial charge in [-0.15, -0.1) is 0 Å². The molecule has 19 heavy (non-hydrogen) atoms. The van der Waals surface area contributed by atoms with Gasteiger partial charge in [-0.05, 0) is 32.9 Å². The minimum atomic E-state index is -4.19. The zero-order valence-corrected chi connectivity index (χ0v) is 11.7. The molecule has 0 aliphatic carbocycles. The molecule has 0 aromatic heterocycles. The number of halogens is 3. The van der Waals surface area contributed by atoms with Crippen LogP contribution in [0.3, 0.4) is 0 Å². The number of hydrogen-bond acceptors (Lipinski definition) is 2. The molecule has 0 aromatic rings. The highest BCUT2D eigenvalue weighted by Gasteiger charge is 2.42. The fourth-order valence-corrected chi connectivity index (χ4v) is 2.31. The predicted octanol–water partition coefficient (Wildman–Crippen LogP) is 2.52. The molecule has 1 aliphatic rings. The highest BCUT2D eigenvalue weighted by atomic mass is 19.4. The molecule has 0 radical (unpaired) electrons. The Bertz CT molecular complexity index is 294. The van der Waals surface area contributed by atoms with Crippen molar-refractivity contribution in [2.75, 3.05) is 33.2 Å². The molecule has 3 nitrogen and oxygen atoms in total. The molecule has 0 bridgehead atoms. The van der Waals surface area contributed by atoms with Gasteiger partial charge in [0.05, 0.1) is 12.5 Å². The molecule has 6 heteroatoms. The summed E-state index contributed by atoms with van der Waals surface area (Å²) in [5.41, 5.74) is 0. The van der Waals surface area contributed by atoms with Gasteiger partial charge < -0.3 is 4.90 Å². The molecule has 1 fully saturated rings. The summed E-state index contributed by atoms with van der Waals surface area (Å²) in [6.07, 6.45) is -1.58. The van der Waals surface area contributed by atoms with Gasteiger partial charge in [0.2, 0.25) is 5.91 Å². The summed E-state index contributed by atoms with van der Waals surface area (Å²) < 4.78 is 38.0. The Morgan fingerprint density at radius 3 is 2.68 bits per heavy atom. The van der Waals surface area contributed by atoms with Gasteiger partial charge in [0.1, 0.15) is 0 Å². The van der Waals surface area contributed by atoms with E-state index in [1.54, 1.807) is 0 Å². The SMILES string of the molecule is CCCCN(C)CC(=O)N1CCCC(C(F)(F)F)C1. The van der Waals surface area contributed by atoms with Crippen molar-refractivity contribution in [3.05, 3.63) is 0 Å². The molecule has 1 unspecified atom stereocenters. The lowest BCUT2D eigenvalue weighted by molar-refractivity contribution is -0.188. The molecule has 1 atom stereocenters. The number of rotatable bonds is 5. The number of alkyl halides is 3. The van der Waals surface area contributed by atoms with Crippen LogP contribution in [0.25, 0.3) is 0 Å². The summed E-state index contributed by atoms with van der Waals surface area (Å²) in [4.78, 5) is 15.2. The molecule has 112 valence electrons. The molecule has 1 aliphatic heterocycles. The Labute approximate surface area is 112 Å². The van der Waals surface area contributed by atoms with Gasteiger partial charge in [0.15, 0.2) is 0 Å². The second-order valence-electron chi connectivity index (χ2n) is 5.31. The van der Waals surface area contributed by atoms with E-state index in [9.17, 15) is 18.0 Å².